The van der Waals surface area contributed by atoms with E-state index in [1.807, 2.05) is 37.3 Å². The molecule has 2 aromatic carbocycles. The quantitative estimate of drug-likeness (QED) is 0.434. The van der Waals surface area contributed by atoms with Gasteiger partial charge in [-0.05, 0) is 43.2 Å². The van der Waals surface area contributed by atoms with Crippen molar-refractivity contribution in [1.29, 1.82) is 5.26 Å². The van der Waals surface area contributed by atoms with Crippen LogP contribution in [-0.4, -0.2) is 45.2 Å². The highest BCUT2D eigenvalue weighted by atomic mass is 16.5. The minimum atomic E-state index is -0.709. The van der Waals surface area contributed by atoms with Crippen LogP contribution in [0.25, 0.3) is 0 Å². The third-order valence-electron chi connectivity index (χ3n) is 5.87. The molecule has 1 aliphatic rings. The Hall–Kier alpha value is -4.06. The van der Waals surface area contributed by atoms with Crippen molar-refractivity contribution in [1.82, 2.24) is 5.32 Å². The topological polar surface area (TPSA) is 118 Å². The summed E-state index contributed by atoms with van der Waals surface area (Å²) in [4.78, 5) is 39.9. The van der Waals surface area contributed by atoms with E-state index in [1.165, 1.54) is 14.2 Å². The number of carbonyl (C=O) groups excluding carboxylic acids is 3. The maximum Gasteiger partial charge on any atom is 0.311 e. The van der Waals surface area contributed by atoms with E-state index in [4.69, 9.17) is 19.5 Å². The van der Waals surface area contributed by atoms with Crippen molar-refractivity contribution in [2.24, 2.45) is 5.92 Å². The van der Waals surface area contributed by atoms with Gasteiger partial charge < -0.3 is 24.4 Å². The summed E-state index contributed by atoms with van der Waals surface area (Å²) in [6, 6.07) is 14.0. The Balaban J connectivity index is 1.95. The largest absolute Gasteiger partial charge is 0.493 e. The van der Waals surface area contributed by atoms with E-state index in [0.717, 1.165) is 5.56 Å². The molecular weight excluding hydrogens is 450 g/mol. The van der Waals surface area contributed by atoms with Crippen molar-refractivity contribution in [2.45, 2.75) is 32.2 Å². The molecule has 2 amide bonds. The Bertz CT molecular complexity index is 1110. The molecule has 0 saturated carbocycles. The van der Waals surface area contributed by atoms with E-state index < -0.39 is 30.4 Å². The van der Waals surface area contributed by atoms with Gasteiger partial charge in [-0.3, -0.25) is 14.4 Å². The third-order valence-corrected chi connectivity index (χ3v) is 5.87. The maximum atomic E-state index is 13.2. The molecule has 35 heavy (non-hydrogen) atoms. The van der Waals surface area contributed by atoms with Crippen LogP contribution in [-0.2, 0) is 19.1 Å². The number of benzene rings is 2. The Morgan fingerprint density at radius 1 is 1.11 bits per heavy atom. The Labute approximate surface area is 204 Å². The number of amides is 2. The van der Waals surface area contributed by atoms with Gasteiger partial charge in [-0.15, -0.1) is 0 Å². The molecule has 9 heteroatoms. The first-order valence-corrected chi connectivity index (χ1v) is 11.3. The van der Waals surface area contributed by atoms with Gasteiger partial charge >= 0.3 is 5.97 Å². The minimum Gasteiger partial charge on any atom is -0.493 e. The Morgan fingerprint density at radius 2 is 1.83 bits per heavy atom. The smallest absolute Gasteiger partial charge is 0.311 e. The molecule has 1 aliphatic heterocycles. The van der Waals surface area contributed by atoms with Crippen LogP contribution >= 0.6 is 0 Å². The second kappa shape index (κ2) is 11.9. The van der Waals surface area contributed by atoms with Crippen molar-refractivity contribution in [3.05, 3.63) is 53.6 Å². The lowest BCUT2D eigenvalue weighted by Gasteiger charge is -2.40. The zero-order valence-electron chi connectivity index (χ0n) is 20.1. The lowest BCUT2D eigenvalue weighted by Crippen LogP contribution is -2.46. The highest BCUT2D eigenvalue weighted by molar-refractivity contribution is 5.97. The molecule has 2 atom stereocenters. The van der Waals surface area contributed by atoms with E-state index >= 15 is 0 Å². The molecule has 1 saturated heterocycles. The number of ether oxygens (including phenoxy) is 3. The molecule has 0 radical (unpaired) electrons. The van der Waals surface area contributed by atoms with Crippen molar-refractivity contribution in [2.75, 3.05) is 32.3 Å². The minimum absolute atomic E-state index is 0.119. The summed E-state index contributed by atoms with van der Waals surface area (Å²) in [6.45, 7) is 1.67. The van der Waals surface area contributed by atoms with Gasteiger partial charge in [-0.25, -0.2) is 0 Å². The number of nitriles is 1. The molecule has 0 aromatic heterocycles. The molecule has 3 rings (SSSR count). The monoisotopic (exact) mass is 479 g/mol. The average molecular weight is 480 g/mol. The molecule has 184 valence electrons. The fraction of sp³-hybridized carbons (Fsp3) is 0.385. The van der Waals surface area contributed by atoms with E-state index in [9.17, 15) is 14.4 Å². The molecule has 2 unspecified atom stereocenters. The third kappa shape index (κ3) is 6.09. The molecule has 9 nitrogen and oxygen atoms in total. The van der Waals surface area contributed by atoms with Gasteiger partial charge in [-0.2, -0.15) is 5.26 Å². The van der Waals surface area contributed by atoms with Gasteiger partial charge in [0, 0.05) is 18.7 Å². The highest BCUT2D eigenvalue weighted by Crippen LogP contribution is 2.42. The van der Waals surface area contributed by atoms with Gasteiger partial charge in [0.1, 0.15) is 0 Å². The second-order valence-electron chi connectivity index (χ2n) is 8.17. The van der Waals surface area contributed by atoms with Gasteiger partial charge in [0.05, 0.1) is 38.7 Å². The van der Waals surface area contributed by atoms with Gasteiger partial charge in [0.25, 0.3) is 5.91 Å². The molecule has 0 spiro atoms. The van der Waals surface area contributed by atoms with E-state index in [0.29, 0.717) is 22.7 Å². The number of carbonyl (C=O) groups is 3. The van der Waals surface area contributed by atoms with Crippen LogP contribution in [0, 0.1) is 24.2 Å². The van der Waals surface area contributed by atoms with Crippen molar-refractivity contribution in [3.63, 3.8) is 0 Å². The van der Waals surface area contributed by atoms with Crippen LogP contribution in [0.1, 0.15) is 36.4 Å². The number of aryl methyl sites for hydroxylation is 1. The lowest BCUT2D eigenvalue weighted by molar-refractivity contribution is -0.154. The van der Waals surface area contributed by atoms with Crippen LogP contribution in [0.4, 0.5) is 5.69 Å². The summed E-state index contributed by atoms with van der Waals surface area (Å²) in [5, 5.41) is 11.1. The van der Waals surface area contributed by atoms with Crippen LogP contribution < -0.4 is 19.7 Å². The zero-order chi connectivity index (χ0) is 25.4. The normalized spacial score (nSPS) is 17.3. The van der Waals surface area contributed by atoms with Crippen LogP contribution in [0.3, 0.4) is 0 Å². The number of methoxy groups -OCH3 is 2. The summed E-state index contributed by atoms with van der Waals surface area (Å²) in [7, 11) is 3.05. The number of piperidine rings is 1. The number of hydrogen-bond acceptors (Lipinski definition) is 7. The van der Waals surface area contributed by atoms with E-state index in [1.54, 1.807) is 23.1 Å². The standard InChI is InChI=1S/C26H29N3O6/c1-17-5-8-19(9-6-17)29-24(31)12-10-20(26(32)35-16-23(30)28-14-4-13-27)25(29)18-7-11-21(33-2)22(15-18)34-3/h5-9,11,15,20,25H,4,10,12,14,16H2,1-3H3,(H,28,30). The van der Waals surface area contributed by atoms with Crippen LogP contribution in [0.5, 0.6) is 11.5 Å². The summed E-state index contributed by atoms with van der Waals surface area (Å²) in [5.41, 5.74) is 2.38. The summed E-state index contributed by atoms with van der Waals surface area (Å²) < 4.78 is 16.1. The van der Waals surface area contributed by atoms with Crippen LogP contribution in [0.15, 0.2) is 42.5 Å². The molecule has 0 bridgehead atoms. The fourth-order valence-electron chi connectivity index (χ4n) is 4.12. The molecule has 1 fully saturated rings. The number of rotatable bonds is 9. The summed E-state index contributed by atoms with van der Waals surface area (Å²) >= 11 is 0. The van der Waals surface area contributed by atoms with Crippen molar-refractivity contribution in [3.8, 4) is 17.6 Å². The molecule has 1 heterocycles. The number of anilines is 1. The molecular formula is C26H29N3O6. The summed E-state index contributed by atoms with van der Waals surface area (Å²) in [6.07, 6.45) is 0.595. The average Bonchev–Trinajstić information content (AvgIpc) is 2.87. The summed E-state index contributed by atoms with van der Waals surface area (Å²) in [5.74, 6) is -0.904. The van der Waals surface area contributed by atoms with Crippen molar-refractivity contribution < 1.29 is 28.6 Å². The maximum absolute atomic E-state index is 13.2. The van der Waals surface area contributed by atoms with Gasteiger partial charge in [0.15, 0.2) is 18.1 Å². The van der Waals surface area contributed by atoms with Gasteiger partial charge in [-0.1, -0.05) is 23.8 Å². The number of hydrogen-bond donors (Lipinski definition) is 1. The van der Waals surface area contributed by atoms with E-state index in [-0.39, 0.29) is 31.7 Å². The Morgan fingerprint density at radius 3 is 2.49 bits per heavy atom. The number of esters is 1. The molecule has 2 aromatic rings. The van der Waals surface area contributed by atoms with E-state index in [2.05, 4.69) is 5.32 Å². The van der Waals surface area contributed by atoms with Crippen LogP contribution in [0.2, 0.25) is 0 Å². The van der Waals surface area contributed by atoms with Crippen molar-refractivity contribution >= 4 is 23.5 Å². The molecule has 0 aliphatic carbocycles. The predicted molar refractivity (Wildman–Crippen MR) is 128 cm³/mol. The Kier molecular flexibility index (Phi) is 8.68. The zero-order valence-corrected chi connectivity index (χ0v) is 20.1. The first-order valence-electron chi connectivity index (χ1n) is 11.3. The fourth-order valence-corrected chi connectivity index (χ4v) is 4.12. The van der Waals surface area contributed by atoms with Gasteiger partial charge in [0.2, 0.25) is 5.91 Å². The molecule has 1 N–H and O–H groups in total. The number of nitrogens with zero attached hydrogens (tertiary/aromatic N) is 2. The first kappa shape index (κ1) is 25.6. The highest BCUT2D eigenvalue weighted by Gasteiger charge is 2.42. The number of nitrogens with one attached hydrogen (secondary N) is 1. The lowest BCUT2D eigenvalue weighted by atomic mass is 9.83. The predicted octanol–water partition coefficient (Wildman–Crippen LogP) is 3.07. The second-order valence-corrected chi connectivity index (χ2v) is 8.17. The SMILES string of the molecule is COc1ccc(C2C(C(=O)OCC(=O)NCCC#N)CCC(=O)N2c2ccc(C)cc2)cc1OC. The first-order chi connectivity index (χ1) is 16.9.